The van der Waals surface area contributed by atoms with Crippen LogP contribution in [0.3, 0.4) is 0 Å². The number of rotatable bonds is 7. The van der Waals surface area contributed by atoms with E-state index in [0.717, 1.165) is 16.7 Å². The summed E-state index contributed by atoms with van der Waals surface area (Å²) in [5, 5.41) is 10.7. The van der Waals surface area contributed by atoms with Crippen LogP contribution >= 0.6 is 11.3 Å². The number of hydrogen-bond donors (Lipinski definition) is 1. The standard InChI is InChI=1S/C19H18N4O2S/c1-14-7-5-6-10-16(14)11-23(13-24)17(15-8-3-2-4-9-15)18(25)21-19-22-20-12-26-19/h2-10,12-13,17H,11H2,1H3,(H,21,22,25). The van der Waals surface area contributed by atoms with Gasteiger partial charge in [-0.2, -0.15) is 0 Å². The maximum atomic E-state index is 12.9. The molecule has 1 unspecified atom stereocenters. The van der Waals surface area contributed by atoms with Gasteiger partial charge in [-0.05, 0) is 23.6 Å². The van der Waals surface area contributed by atoms with Crippen LogP contribution in [0.5, 0.6) is 0 Å². The molecule has 0 saturated heterocycles. The smallest absolute Gasteiger partial charge is 0.253 e. The molecule has 0 aliphatic rings. The van der Waals surface area contributed by atoms with Crippen LogP contribution in [-0.2, 0) is 16.1 Å². The van der Waals surface area contributed by atoms with Crippen LogP contribution in [0.2, 0.25) is 0 Å². The number of aromatic nitrogens is 2. The van der Waals surface area contributed by atoms with E-state index in [0.29, 0.717) is 18.1 Å². The lowest BCUT2D eigenvalue weighted by Gasteiger charge is -2.28. The Balaban J connectivity index is 1.91. The molecule has 0 aliphatic carbocycles. The van der Waals surface area contributed by atoms with E-state index in [1.165, 1.54) is 21.7 Å². The van der Waals surface area contributed by atoms with Crippen molar-refractivity contribution in [2.24, 2.45) is 0 Å². The third kappa shape index (κ3) is 4.12. The molecule has 0 aliphatic heterocycles. The minimum absolute atomic E-state index is 0.325. The van der Waals surface area contributed by atoms with Crippen molar-refractivity contribution in [1.82, 2.24) is 15.1 Å². The second kappa shape index (κ2) is 8.35. The third-order valence-corrected chi connectivity index (χ3v) is 4.64. The predicted molar refractivity (Wildman–Crippen MR) is 101 cm³/mol. The van der Waals surface area contributed by atoms with Gasteiger partial charge in [-0.15, -0.1) is 10.2 Å². The van der Waals surface area contributed by atoms with Crippen molar-refractivity contribution in [2.75, 3.05) is 5.32 Å². The van der Waals surface area contributed by atoms with Crippen LogP contribution in [0.4, 0.5) is 5.13 Å². The summed E-state index contributed by atoms with van der Waals surface area (Å²) in [5.74, 6) is -0.325. The van der Waals surface area contributed by atoms with Gasteiger partial charge in [0.15, 0.2) is 0 Å². The number of carbonyl (C=O) groups excluding carboxylic acids is 2. The normalized spacial score (nSPS) is 11.6. The van der Waals surface area contributed by atoms with Crippen LogP contribution in [0.1, 0.15) is 22.7 Å². The molecule has 2 aromatic carbocycles. The molecular weight excluding hydrogens is 348 g/mol. The largest absolute Gasteiger partial charge is 0.325 e. The average Bonchev–Trinajstić information content (AvgIpc) is 3.16. The number of aryl methyl sites for hydroxylation is 1. The Morgan fingerprint density at radius 3 is 2.58 bits per heavy atom. The average molecular weight is 366 g/mol. The molecule has 0 bridgehead atoms. The van der Waals surface area contributed by atoms with Gasteiger partial charge < -0.3 is 4.90 Å². The molecule has 0 radical (unpaired) electrons. The number of benzene rings is 2. The molecular formula is C19H18N4O2S. The number of nitrogens with one attached hydrogen (secondary N) is 1. The molecule has 7 heteroatoms. The number of carbonyl (C=O) groups is 2. The van der Waals surface area contributed by atoms with Crippen molar-refractivity contribution >= 4 is 28.8 Å². The highest BCUT2D eigenvalue weighted by molar-refractivity contribution is 7.13. The van der Waals surface area contributed by atoms with E-state index in [9.17, 15) is 9.59 Å². The van der Waals surface area contributed by atoms with Crippen LogP contribution in [0.15, 0.2) is 60.1 Å². The van der Waals surface area contributed by atoms with E-state index < -0.39 is 6.04 Å². The fraction of sp³-hybridized carbons (Fsp3) is 0.158. The molecule has 1 heterocycles. The van der Waals surface area contributed by atoms with Crippen LogP contribution in [-0.4, -0.2) is 27.4 Å². The zero-order valence-electron chi connectivity index (χ0n) is 14.2. The van der Waals surface area contributed by atoms with Crippen LogP contribution < -0.4 is 5.32 Å². The summed E-state index contributed by atoms with van der Waals surface area (Å²) in [6.07, 6.45) is 0.712. The Labute approximate surface area is 155 Å². The Kier molecular flexibility index (Phi) is 5.70. The van der Waals surface area contributed by atoms with Gasteiger partial charge in [-0.1, -0.05) is 65.9 Å². The van der Waals surface area contributed by atoms with Crippen LogP contribution in [0.25, 0.3) is 0 Å². The molecule has 1 atom stereocenters. The number of hydrogen-bond acceptors (Lipinski definition) is 5. The van der Waals surface area contributed by atoms with E-state index in [4.69, 9.17) is 0 Å². The quantitative estimate of drug-likeness (QED) is 0.652. The van der Waals surface area contributed by atoms with E-state index >= 15 is 0 Å². The summed E-state index contributed by atoms with van der Waals surface area (Å²) in [6.45, 7) is 2.32. The molecule has 3 rings (SSSR count). The first-order chi connectivity index (χ1) is 12.7. The minimum atomic E-state index is -0.766. The van der Waals surface area contributed by atoms with E-state index in [2.05, 4.69) is 15.5 Å². The van der Waals surface area contributed by atoms with Crippen molar-refractivity contribution in [3.05, 3.63) is 76.8 Å². The van der Waals surface area contributed by atoms with Gasteiger partial charge in [-0.25, -0.2) is 0 Å². The summed E-state index contributed by atoms with van der Waals surface area (Å²) in [4.78, 5) is 26.3. The molecule has 6 nitrogen and oxygen atoms in total. The molecule has 132 valence electrons. The highest BCUT2D eigenvalue weighted by Crippen LogP contribution is 2.24. The van der Waals surface area contributed by atoms with E-state index in [-0.39, 0.29) is 5.91 Å². The highest BCUT2D eigenvalue weighted by Gasteiger charge is 2.28. The maximum absolute atomic E-state index is 12.9. The summed E-state index contributed by atoms with van der Waals surface area (Å²) >= 11 is 1.23. The molecule has 2 amide bonds. The van der Waals surface area contributed by atoms with Gasteiger partial charge in [0.25, 0.3) is 5.91 Å². The highest BCUT2D eigenvalue weighted by atomic mass is 32.1. The first kappa shape index (κ1) is 17.8. The summed E-state index contributed by atoms with van der Waals surface area (Å²) in [6, 6.07) is 16.3. The second-order valence-corrected chi connectivity index (χ2v) is 6.58. The molecule has 26 heavy (non-hydrogen) atoms. The zero-order chi connectivity index (χ0) is 18.4. The Morgan fingerprint density at radius 1 is 1.19 bits per heavy atom. The Hall–Kier alpha value is -3.06. The van der Waals surface area contributed by atoms with Gasteiger partial charge in [0.1, 0.15) is 11.6 Å². The summed E-state index contributed by atoms with van der Waals surface area (Å²) < 4.78 is 0. The third-order valence-electron chi connectivity index (χ3n) is 4.04. The molecule has 0 fully saturated rings. The van der Waals surface area contributed by atoms with Crippen molar-refractivity contribution in [3.8, 4) is 0 Å². The molecule has 1 N–H and O–H groups in total. The predicted octanol–water partition coefficient (Wildman–Crippen LogP) is 3.18. The fourth-order valence-corrected chi connectivity index (χ4v) is 3.15. The van der Waals surface area contributed by atoms with Gasteiger partial charge in [0, 0.05) is 6.54 Å². The lowest BCUT2D eigenvalue weighted by atomic mass is 10.0. The molecule has 0 saturated carbocycles. The van der Waals surface area contributed by atoms with Crippen molar-refractivity contribution in [1.29, 1.82) is 0 Å². The van der Waals surface area contributed by atoms with Gasteiger partial charge in [0.2, 0.25) is 11.5 Å². The van der Waals surface area contributed by atoms with Gasteiger partial charge in [0.05, 0.1) is 0 Å². The molecule has 3 aromatic rings. The van der Waals surface area contributed by atoms with E-state index in [1.807, 2.05) is 61.5 Å². The SMILES string of the molecule is Cc1ccccc1CN(C=O)C(C(=O)Nc1nncs1)c1ccccc1. The lowest BCUT2D eigenvalue weighted by molar-refractivity contribution is -0.130. The van der Waals surface area contributed by atoms with Crippen molar-refractivity contribution < 1.29 is 9.59 Å². The summed E-state index contributed by atoms with van der Waals surface area (Å²) in [7, 11) is 0. The first-order valence-electron chi connectivity index (χ1n) is 8.06. The molecule has 0 spiro atoms. The second-order valence-electron chi connectivity index (χ2n) is 5.75. The number of nitrogens with zero attached hydrogens (tertiary/aromatic N) is 3. The molecule has 1 aromatic heterocycles. The van der Waals surface area contributed by atoms with Crippen LogP contribution in [0, 0.1) is 6.92 Å². The van der Waals surface area contributed by atoms with Gasteiger partial charge >= 0.3 is 0 Å². The Morgan fingerprint density at radius 2 is 1.92 bits per heavy atom. The lowest BCUT2D eigenvalue weighted by Crippen LogP contribution is -2.36. The van der Waals surface area contributed by atoms with Crippen molar-refractivity contribution in [3.63, 3.8) is 0 Å². The van der Waals surface area contributed by atoms with Crippen molar-refractivity contribution in [2.45, 2.75) is 19.5 Å². The van der Waals surface area contributed by atoms with Gasteiger partial charge in [-0.3, -0.25) is 14.9 Å². The number of amides is 2. The summed E-state index contributed by atoms with van der Waals surface area (Å²) in [5.41, 5.74) is 4.33. The first-order valence-corrected chi connectivity index (χ1v) is 8.94. The minimum Gasteiger partial charge on any atom is -0.325 e. The monoisotopic (exact) mass is 366 g/mol. The van der Waals surface area contributed by atoms with E-state index in [1.54, 1.807) is 0 Å². The number of anilines is 1. The fourth-order valence-electron chi connectivity index (χ4n) is 2.70. The zero-order valence-corrected chi connectivity index (χ0v) is 15.0. The Bertz CT molecular complexity index is 868. The topological polar surface area (TPSA) is 75.2 Å². The maximum Gasteiger partial charge on any atom is 0.253 e.